The van der Waals surface area contributed by atoms with Crippen molar-refractivity contribution in [2.24, 2.45) is 0 Å². The Balaban J connectivity index is 2.08. The van der Waals surface area contributed by atoms with Crippen LogP contribution >= 0.6 is 31.9 Å². The molecule has 24 heavy (non-hydrogen) atoms. The summed E-state index contributed by atoms with van der Waals surface area (Å²) in [5.74, 6) is 1.46. The average Bonchev–Trinajstić information content (AvgIpc) is 2.57. The fraction of sp³-hybridized carbons (Fsp3) is 0.235. The van der Waals surface area contributed by atoms with Crippen molar-refractivity contribution in [3.8, 4) is 17.2 Å². The molecule has 1 amide bonds. The first-order valence-electron chi connectivity index (χ1n) is 7.09. The number of carbonyl (C=O) groups is 1. The third-order valence-corrected chi connectivity index (χ3v) is 4.35. The van der Waals surface area contributed by atoms with Gasteiger partial charge in [0.25, 0.3) is 5.91 Å². The lowest BCUT2D eigenvalue weighted by Gasteiger charge is -2.17. The highest BCUT2D eigenvalue weighted by Gasteiger charge is 2.18. The second kappa shape index (κ2) is 8.39. The first-order chi connectivity index (χ1) is 11.4. The minimum atomic E-state index is -0.686. The van der Waals surface area contributed by atoms with Crippen LogP contribution in [0.15, 0.2) is 45.3 Å². The summed E-state index contributed by atoms with van der Waals surface area (Å²) in [6.07, 6.45) is -0.686. The van der Waals surface area contributed by atoms with Crippen LogP contribution in [0.25, 0.3) is 0 Å². The Hall–Kier alpha value is -1.73. The van der Waals surface area contributed by atoms with Crippen molar-refractivity contribution in [3.05, 3.63) is 45.3 Å². The molecule has 128 valence electrons. The second-order valence-corrected chi connectivity index (χ2v) is 6.66. The van der Waals surface area contributed by atoms with Crippen LogP contribution in [-0.4, -0.2) is 26.2 Å². The van der Waals surface area contributed by atoms with Crippen LogP contribution in [-0.2, 0) is 4.79 Å². The molecule has 1 atom stereocenters. The van der Waals surface area contributed by atoms with E-state index in [0.29, 0.717) is 22.9 Å². The van der Waals surface area contributed by atoms with Crippen molar-refractivity contribution in [2.75, 3.05) is 19.5 Å². The molecule has 0 unspecified atom stereocenters. The highest BCUT2D eigenvalue weighted by Crippen LogP contribution is 2.31. The van der Waals surface area contributed by atoms with Gasteiger partial charge in [0.05, 0.1) is 24.4 Å². The minimum Gasteiger partial charge on any atom is -0.497 e. The van der Waals surface area contributed by atoms with Crippen LogP contribution in [0, 0.1) is 0 Å². The Labute approximate surface area is 157 Å². The molecule has 0 aromatic heterocycles. The Morgan fingerprint density at radius 3 is 2.42 bits per heavy atom. The van der Waals surface area contributed by atoms with E-state index in [2.05, 4.69) is 37.2 Å². The molecule has 0 aliphatic heterocycles. The van der Waals surface area contributed by atoms with Gasteiger partial charge < -0.3 is 19.5 Å². The standard InChI is InChI=1S/C17H17Br2NO4/c1-10(24-15-7-4-11(18)8-13(15)19)17(21)20-14-6-5-12(22-2)9-16(14)23-3/h4-10H,1-3H3,(H,20,21)/t10-/m0/s1. The van der Waals surface area contributed by atoms with E-state index in [1.54, 1.807) is 38.3 Å². The molecule has 7 heteroatoms. The number of ether oxygens (including phenoxy) is 3. The molecule has 0 heterocycles. The van der Waals surface area contributed by atoms with Gasteiger partial charge in [0, 0.05) is 10.5 Å². The van der Waals surface area contributed by atoms with Gasteiger partial charge in [-0.2, -0.15) is 0 Å². The largest absolute Gasteiger partial charge is 0.497 e. The average molecular weight is 459 g/mol. The maximum atomic E-state index is 12.4. The van der Waals surface area contributed by atoms with Crippen LogP contribution in [0.1, 0.15) is 6.92 Å². The molecule has 0 saturated heterocycles. The monoisotopic (exact) mass is 457 g/mol. The van der Waals surface area contributed by atoms with Gasteiger partial charge in [-0.25, -0.2) is 0 Å². The molecule has 5 nitrogen and oxygen atoms in total. The number of halogens is 2. The number of nitrogens with one attached hydrogen (secondary N) is 1. The van der Waals surface area contributed by atoms with E-state index in [1.807, 2.05) is 12.1 Å². The summed E-state index contributed by atoms with van der Waals surface area (Å²) >= 11 is 6.78. The fourth-order valence-electron chi connectivity index (χ4n) is 1.95. The molecule has 0 spiro atoms. The van der Waals surface area contributed by atoms with Crippen molar-refractivity contribution in [1.82, 2.24) is 0 Å². The smallest absolute Gasteiger partial charge is 0.265 e. The zero-order chi connectivity index (χ0) is 17.7. The number of rotatable bonds is 6. The Morgan fingerprint density at radius 2 is 1.79 bits per heavy atom. The highest BCUT2D eigenvalue weighted by molar-refractivity contribution is 9.11. The molecule has 2 rings (SSSR count). The highest BCUT2D eigenvalue weighted by atomic mass is 79.9. The number of hydrogen-bond acceptors (Lipinski definition) is 4. The summed E-state index contributed by atoms with van der Waals surface area (Å²) in [5.41, 5.74) is 0.550. The van der Waals surface area contributed by atoms with Crippen LogP contribution in [0.5, 0.6) is 17.2 Å². The number of benzene rings is 2. The van der Waals surface area contributed by atoms with Gasteiger partial charge in [-0.1, -0.05) is 15.9 Å². The summed E-state index contributed by atoms with van der Waals surface area (Å²) in [6, 6.07) is 10.6. The topological polar surface area (TPSA) is 56.8 Å². The van der Waals surface area contributed by atoms with E-state index in [0.717, 1.165) is 8.95 Å². The van der Waals surface area contributed by atoms with Gasteiger partial charge in [-0.3, -0.25) is 4.79 Å². The number of carbonyl (C=O) groups excluding carboxylic acids is 1. The van der Waals surface area contributed by atoms with Gasteiger partial charge in [-0.15, -0.1) is 0 Å². The molecule has 0 fully saturated rings. The fourth-order valence-corrected chi connectivity index (χ4v) is 3.09. The van der Waals surface area contributed by atoms with Gasteiger partial charge in [-0.05, 0) is 53.2 Å². The molecular weight excluding hydrogens is 442 g/mol. The van der Waals surface area contributed by atoms with E-state index in [1.165, 1.54) is 7.11 Å². The van der Waals surface area contributed by atoms with E-state index in [-0.39, 0.29) is 5.91 Å². The number of methoxy groups -OCH3 is 2. The van der Waals surface area contributed by atoms with Gasteiger partial charge in [0.15, 0.2) is 6.10 Å². The van der Waals surface area contributed by atoms with Crippen molar-refractivity contribution in [2.45, 2.75) is 13.0 Å². The van der Waals surface area contributed by atoms with Crippen LogP contribution < -0.4 is 19.5 Å². The molecular formula is C17H17Br2NO4. The third kappa shape index (κ3) is 4.64. The van der Waals surface area contributed by atoms with Crippen molar-refractivity contribution in [3.63, 3.8) is 0 Å². The zero-order valence-corrected chi connectivity index (χ0v) is 16.6. The number of amides is 1. The van der Waals surface area contributed by atoms with E-state index in [9.17, 15) is 4.79 Å². The predicted molar refractivity (Wildman–Crippen MR) is 100 cm³/mol. The van der Waals surface area contributed by atoms with Gasteiger partial charge in [0.1, 0.15) is 17.2 Å². The maximum Gasteiger partial charge on any atom is 0.265 e. The van der Waals surface area contributed by atoms with E-state index in [4.69, 9.17) is 14.2 Å². The Morgan fingerprint density at radius 1 is 1.04 bits per heavy atom. The van der Waals surface area contributed by atoms with Crippen molar-refractivity contribution in [1.29, 1.82) is 0 Å². The van der Waals surface area contributed by atoms with E-state index >= 15 is 0 Å². The Bertz CT molecular complexity index is 737. The third-order valence-electron chi connectivity index (χ3n) is 3.23. The number of anilines is 1. The molecule has 1 N–H and O–H groups in total. The van der Waals surface area contributed by atoms with Crippen LogP contribution in [0.4, 0.5) is 5.69 Å². The van der Waals surface area contributed by atoms with Crippen molar-refractivity contribution >= 4 is 43.5 Å². The second-order valence-electron chi connectivity index (χ2n) is 4.89. The maximum absolute atomic E-state index is 12.4. The molecule has 0 aliphatic rings. The lowest BCUT2D eigenvalue weighted by molar-refractivity contribution is -0.122. The Kier molecular flexibility index (Phi) is 6.51. The molecule has 2 aromatic rings. The lowest BCUT2D eigenvalue weighted by atomic mass is 10.2. The van der Waals surface area contributed by atoms with Crippen LogP contribution in [0.2, 0.25) is 0 Å². The summed E-state index contributed by atoms with van der Waals surface area (Å²) in [5, 5.41) is 2.79. The van der Waals surface area contributed by atoms with Gasteiger partial charge >= 0.3 is 0 Å². The normalized spacial score (nSPS) is 11.5. The summed E-state index contributed by atoms with van der Waals surface area (Å²) < 4.78 is 17.8. The minimum absolute atomic E-state index is 0.284. The first-order valence-corrected chi connectivity index (χ1v) is 8.67. The molecule has 0 aliphatic carbocycles. The zero-order valence-electron chi connectivity index (χ0n) is 13.4. The SMILES string of the molecule is COc1ccc(NC(=O)[C@H](C)Oc2ccc(Br)cc2Br)c(OC)c1. The summed E-state index contributed by atoms with van der Waals surface area (Å²) in [7, 11) is 3.10. The van der Waals surface area contributed by atoms with Gasteiger partial charge in [0.2, 0.25) is 0 Å². The van der Waals surface area contributed by atoms with Crippen LogP contribution in [0.3, 0.4) is 0 Å². The molecule has 2 aromatic carbocycles. The first kappa shape index (κ1) is 18.6. The summed E-state index contributed by atoms with van der Waals surface area (Å²) in [4.78, 5) is 12.4. The molecule has 0 radical (unpaired) electrons. The number of hydrogen-bond donors (Lipinski definition) is 1. The summed E-state index contributed by atoms with van der Waals surface area (Å²) in [6.45, 7) is 1.68. The predicted octanol–water partition coefficient (Wildman–Crippen LogP) is 4.63. The molecule has 0 saturated carbocycles. The van der Waals surface area contributed by atoms with E-state index < -0.39 is 6.10 Å². The molecule has 0 bridgehead atoms. The van der Waals surface area contributed by atoms with Crippen molar-refractivity contribution < 1.29 is 19.0 Å². The quantitative estimate of drug-likeness (QED) is 0.685. The lowest BCUT2D eigenvalue weighted by Crippen LogP contribution is -2.30.